The van der Waals surface area contributed by atoms with E-state index in [1.807, 2.05) is 26.0 Å². The molecule has 1 aromatic carbocycles. The molecule has 0 aliphatic carbocycles. The lowest BCUT2D eigenvalue weighted by Gasteiger charge is -2.09. The summed E-state index contributed by atoms with van der Waals surface area (Å²) in [5.74, 6) is 1.97. The van der Waals surface area contributed by atoms with E-state index in [9.17, 15) is 4.79 Å². The highest BCUT2D eigenvalue weighted by atomic mass is 16.5. The molecule has 0 spiro atoms. The molecule has 3 heteroatoms. The number of ether oxygens (including phenoxy) is 2. The van der Waals surface area contributed by atoms with Crippen LogP contribution in [0.15, 0.2) is 18.2 Å². The van der Waals surface area contributed by atoms with Gasteiger partial charge in [0.1, 0.15) is 0 Å². The van der Waals surface area contributed by atoms with Crippen LogP contribution in [0, 0.1) is 5.92 Å². The van der Waals surface area contributed by atoms with Crippen LogP contribution in [0.4, 0.5) is 0 Å². The van der Waals surface area contributed by atoms with Gasteiger partial charge < -0.3 is 9.47 Å². The zero-order valence-electron chi connectivity index (χ0n) is 10.4. The molecular weight excluding hydrogens is 216 g/mol. The topological polar surface area (TPSA) is 35.5 Å². The van der Waals surface area contributed by atoms with Gasteiger partial charge in [0.25, 0.3) is 0 Å². The van der Waals surface area contributed by atoms with Crippen molar-refractivity contribution in [1.29, 1.82) is 0 Å². The fraction of sp³-hybridized carbons (Fsp3) is 0.500. The largest absolute Gasteiger partial charge is 0.490 e. The maximum absolute atomic E-state index is 11.9. The first-order chi connectivity index (χ1) is 8.16. The average Bonchev–Trinajstić information content (AvgIpc) is 2.51. The van der Waals surface area contributed by atoms with Gasteiger partial charge in [-0.3, -0.25) is 4.79 Å². The van der Waals surface area contributed by atoms with Gasteiger partial charge in [0, 0.05) is 18.4 Å². The van der Waals surface area contributed by atoms with E-state index >= 15 is 0 Å². The fourth-order valence-corrected chi connectivity index (χ4v) is 1.83. The van der Waals surface area contributed by atoms with Crippen molar-refractivity contribution in [2.75, 3.05) is 13.2 Å². The first-order valence-corrected chi connectivity index (χ1v) is 6.09. The Labute approximate surface area is 102 Å². The quantitative estimate of drug-likeness (QED) is 0.754. The van der Waals surface area contributed by atoms with Gasteiger partial charge in [-0.1, -0.05) is 13.8 Å². The average molecular weight is 234 g/mol. The molecular formula is C14H18O3. The highest BCUT2D eigenvalue weighted by Crippen LogP contribution is 2.30. The first kappa shape index (κ1) is 12.0. The summed E-state index contributed by atoms with van der Waals surface area (Å²) in [5, 5.41) is 0. The standard InChI is InChI=1S/C14H18O3/c1-10(2)8-12(15)11-4-5-13-14(9-11)17-7-3-6-16-13/h4-5,9-10H,3,6-8H2,1-2H3. The molecule has 92 valence electrons. The van der Waals surface area contributed by atoms with E-state index in [1.165, 1.54) is 0 Å². The van der Waals surface area contributed by atoms with Crippen LogP contribution < -0.4 is 9.47 Å². The predicted molar refractivity (Wildman–Crippen MR) is 65.8 cm³/mol. The number of rotatable bonds is 3. The summed E-state index contributed by atoms with van der Waals surface area (Å²) in [4.78, 5) is 11.9. The summed E-state index contributed by atoms with van der Waals surface area (Å²) in [6.07, 6.45) is 1.45. The van der Waals surface area contributed by atoms with Crippen LogP contribution in [0.3, 0.4) is 0 Å². The Balaban J connectivity index is 2.20. The molecule has 3 nitrogen and oxygen atoms in total. The molecule has 0 bridgehead atoms. The van der Waals surface area contributed by atoms with Crippen LogP contribution in [-0.4, -0.2) is 19.0 Å². The zero-order valence-corrected chi connectivity index (χ0v) is 10.4. The molecule has 0 atom stereocenters. The number of fused-ring (bicyclic) bond motifs is 1. The molecule has 0 fully saturated rings. The molecule has 0 saturated carbocycles. The predicted octanol–water partition coefficient (Wildman–Crippen LogP) is 3.08. The van der Waals surface area contributed by atoms with Crippen LogP contribution in [0.1, 0.15) is 37.0 Å². The zero-order chi connectivity index (χ0) is 12.3. The lowest BCUT2D eigenvalue weighted by Crippen LogP contribution is -2.04. The Kier molecular flexibility index (Phi) is 3.67. The minimum Gasteiger partial charge on any atom is -0.490 e. The van der Waals surface area contributed by atoms with Gasteiger partial charge in [0.05, 0.1) is 13.2 Å². The van der Waals surface area contributed by atoms with Crippen molar-refractivity contribution in [3.05, 3.63) is 23.8 Å². The number of ketones is 1. The summed E-state index contributed by atoms with van der Waals surface area (Å²) in [5.41, 5.74) is 0.711. The van der Waals surface area contributed by atoms with Crippen LogP contribution >= 0.6 is 0 Å². The minimum absolute atomic E-state index is 0.163. The second-order valence-corrected chi connectivity index (χ2v) is 4.73. The van der Waals surface area contributed by atoms with Gasteiger partial charge in [-0.05, 0) is 24.1 Å². The van der Waals surface area contributed by atoms with Gasteiger partial charge in [-0.15, -0.1) is 0 Å². The molecule has 1 aliphatic heterocycles. The molecule has 1 aromatic rings. The van der Waals surface area contributed by atoms with Gasteiger partial charge in [-0.2, -0.15) is 0 Å². The van der Waals surface area contributed by atoms with E-state index in [4.69, 9.17) is 9.47 Å². The fourth-order valence-electron chi connectivity index (χ4n) is 1.83. The van der Waals surface area contributed by atoms with E-state index in [0.717, 1.165) is 12.2 Å². The van der Waals surface area contributed by atoms with Crippen molar-refractivity contribution < 1.29 is 14.3 Å². The van der Waals surface area contributed by atoms with Crippen molar-refractivity contribution in [1.82, 2.24) is 0 Å². The number of carbonyl (C=O) groups excluding carboxylic acids is 1. The maximum atomic E-state index is 11.9. The van der Waals surface area contributed by atoms with E-state index in [2.05, 4.69) is 0 Å². The number of hydrogen-bond donors (Lipinski definition) is 0. The molecule has 17 heavy (non-hydrogen) atoms. The summed E-state index contributed by atoms with van der Waals surface area (Å²) in [6.45, 7) is 5.41. The van der Waals surface area contributed by atoms with Gasteiger partial charge in [0.15, 0.2) is 17.3 Å². The Hall–Kier alpha value is -1.51. The molecule has 0 unspecified atom stereocenters. The lowest BCUT2D eigenvalue weighted by atomic mass is 10.0. The van der Waals surface area contributed by atoms with Crippen LogP contribution in [-0.2, 0) is 0 Å². The molecule has 2 rings (SSSR count). The van der Waals surface area contributed by atoms with E-state index < -0.39 is 0 Å². The van der Waals surface area contributed by atoms with Gasteiger partial charge in [0.2, 0.25) is 0 Å². The second-order valence-electron chi connectivity index (χ2n) is 4.73. The molecule has 0 amide bonds. The van der Waals surface area contributed by atoms with Crippen molar-refractivity contribution in [2.24, 2.45) is 5.92 Å². The van der Waals surface area contributed by atoms with Crippen molar-refractivity contribution in [2.45, 2.75) is 26.7 Å². The summed E-state index contributed by atoms with van der Waals surface area (Å²) < 4.78 is 11.1. The normalized spacial score (nSPS) is 14.5. The number of Topliss-reactive ketones (excluding diaryl/α,β-unsaturated/α-hetero) is 1. The molecule has 0 aromatic heterocycles. The molecule has 0 N–H and O–H groups in total. The Morgan fingerprint density at radius 3 is 2.65 bits per heavy atom. The molecule has 1 aliphatic rings. The van der Waals surface area contributed by atoms with Gasteiger partial charge in [-0.25, -0.2) is 0 Å². The molecule has 0 radical (unpaired) electrons. The van der Waals surface area contributed by atoms with E-state index in [-0.39, 0.29) is 5.78 Å². The van der Waals surface area contributed by atoms with Crippen LogP contribution in [0.2, 0.25) is 0 Å². The molecule has 0 saturated heterocycles. The SMILES string of the molecule is CC(C)CC(=O)c1ccc2c(c1)OCCCO2. The maximum Gasteiger partial charge on any atom is 0.163 e. The van der Waals surface area contributed by atoms with E-state index in [1.54, 1.807) is 6.07 Å². The van der Waals surface area contributed by atoms with Crippen LogP contribution in [0.25, 0.3) is 0 Å². The van der Waals surface area contributed by atoms with E-state index in [0.29, 0.717) is 36.9 Å². The highest BCUT2D eigenvalue weighted by Gasteiger charge is 2.14. The third kappa shape index (κ3) is 2.99. The summed E-state index contributed by atoms with van der Waals surface area (Å²) >= 11 is 0. The third-order valence-corrected chi connectivity index (χ3v) is 2.66. The highest BCUT2D eigenvalue weighted by molar-refractivity contribution is 5.96. The monoisotopic (exact) mass is 234 g/mol. The number of hydrogen-bond acceptors (Lipinski definition) is 3. The third-order valence-electron chi connectivity index (χ3n) is 2.66. The lowest BCUT2D eigenvalue weighted by molar-refractivity contribution is 0.0967. The van der Waals surface area contributed by atoms with Crippen molar-refractivity contribution in [3.8, 4) is 11.5 Å². The Bertz CT molecular complexity index is 410. The van der Waals surface area contributed by atoms with Crippen molar-refractivity contribution >= 4 is 5.78 Å². The summed E-state index contributed by atoms with van der Waals surface area (Å²) in [6, 6.07) is 5.44. The van der Waals surface area contributed by atoms with Gasteiger partial charge >= 0.3 is 0 Å². The first-order valence-electron chi connectivity index (χ1n) is 6.09. The smallest absolute Gasteiger partial charge is 0.163 e. The minimum atomic E-state index is 0.163. The number of benzene rings is 1. The Morgan fingerprint density at radius 2 is 1.94 bits per heavy atom. The summed E-state index contributed by atoms with van der Waals surface area (Å²) in [7, 11) is 0. The molecule has 1 heterocycles. The second kappa shape index (κ2) is 5.21. The Morgan fingerprint density at radius 1 is 1.24 bits per heavy atom. The van der Waals surface area contributed by atoms with Crippen LogP contribution in [0.5, 0.6) is 11.5 Å². The van der Waals surface area contributed by atoms with Crippen molar-refractivity contribution in [3.63, 3.8) is 0 Å². The number of carbonyl (C=O) groups is 1.